The zero-order chi connectivity index (χ0) is 12.3. The number of non-ortho nitro benzene ring substituents is 1. The van der Waals surface area contributed by atoms with Gasteiger partial charge in [0, 0.05) is 34.9 Å². The lowest BCUT2D eigenvalue weighted by molar-refractivity contribution is -0.384. The van der Waals surface area contributed by atoms with Crippen molar-refractivity contribution in [2.75, 3.05) is 18.5 Å². The van der Waals surface area contributed by atoms with Crippen molar-refractivity contribution < 1.29 is 9.66 Å². The largest absolute Gasteiger partial charge is 0.379 e. The van der Waals surface area contributed by atoms with Gasteiger partial charge in [0.1, 0.15) is 0 Å². The molecule has 1 N–H and O–H groups in total. The second-order valence-electron chi connectivity index (χ2n) is 3.98. The predicted molar refractivity (Wildman–Crippen MR) is 68.3 cm³/mol. The summed E-state index contributed by atoms with van der Waals surface area (Å²) in [6.45, 7) is 1.50. The second-order valence-corrected chi connectivity index (χ2v) is 4.83. The van der Waals surface area contributed by atoms with E-state index in [4.69, 9.17) is 4.74 Å². The number of anilines is 1. The van der Waals surface area contributed by atoms with Crippen LogP contribution in [0.3, 0.4) is 0 Å². The molecular formula is C11H13BrN2O3. The summed E-state index contributed by atoms with van der Waals surface area (Å²) in [7, 11) is 0. The highest BCUT2D eigenvalue weighted by Gasteiger charge is 2.16. The maximum Gasteiger partial charge on any atom is 0.270 e. The molecular weight excluding hydrogens is 288 g/mol. The van der Waals surface area contributed by atoms with Gasteiger partial charge in [-0.25, -0.2) is 0 Å². The first-order valence-electron chi connectivity index (χ1n) is 5.45. The molecule has 0 bridgehead atoms. The van der Waals surface area contributed by atoms with Gasteiger partial charge in [-0.1, -0.05) is 0 Å². The minimum atomic E-state index is -0.405. The van der Waals surface area contributed by atoms with Crippen LogP contribution >= 0.6 is 15.9 Å². The normalized spacial score (nSPS) is 19.9. The molecule has 92 valence electrons. The molecule has 0 spiro atoms. The summed E-state index contributed by atoms with van der Waals surface area (Å²) in [5.74, 6) is 0. The SMILES string of the molecule is O=[N+]([O-])c1ccc(NC2CCCOC2)c(Br)c1. The van der Waals surface area contributed by atoms with Crippen LogP contribution in [0.25, 0.3) is 0 Å². The van der Waals surface area contributed by atoms with Crippen molar-refractivity contribution in [3.8, 4) is 0 Å². The van der Waals surface area contributed by atoms with E-state index < -0.39 is 4.92 Å². The Balaban J connectivity index is 2.08. The highest BCUT2D eigenvalue weighted by atomic mass is 79.9. The fourth-order valence-corrected chi connectivity index (χ4v) is 2.29. The summed E-state index contributed by atoms with van der Waals surface area (Å²) in [5, 5.41) is 13.9. The lowest BCUT2D eigenvalue weighted by Crippen LogP contribution is -2.30. The smallest absolute Gasteiger partial charge is 0.270 e. The Morgan fingerprint density at radius 3 is 2.94 bits per heavy atom. The molecule has 1 aromatic carbocycles. The fourth-order valence-electron chi connectivity index (χ4n) is 1.81. The summed E-state index contributed by atoms with van der Waals surface area (Å²) >= 11 is 3.33. The zero-order valence-electron chi connectivity index (χ0n) is 9.19. The molecule has 0 saturated carbocycles. The lowest BCUT2D eigenvalue weighted by atomic mass is 10.1. The summed E-state index contributed by atoms with van der Waals surface area (Å²) in [6, 6.07) is 5.00. The number of nitrogens with zero attached hydrogens (tertiary/aromatic N) is 1. The minimum absolute atomic E-state index is 0.0855. The number of rotatable bonds is 3. The van der Waals surface area contributed by atoms with E-state index in [9.17, 15) is 10.1 Å². The van der Waals surface area contributed by atoms with Crippen molar-refractivity contribution in [2.45, 2.75) is 18.9 Å². The van der Waals surface area contributed by atoms with Crippen LogP contribution in [0.5, 0.6) is 0 Å². The van der Waals surface area contributed by atoms with Gasteiger partial charge in [-0.15, -0.1) is 0 Å². The van der Waals surface area contributed by atoms with Crippen molar-refractivity contribution in [2.24, 2.45) is 0 Å². The van der Waals surface area contributed by atoms with Gasteiger partial charge in [0.2, 0.25) is 0 Å². The van der Waals surface area contributed by atoms with Crippen molar-refractivity contribution in [3.63, 3.8) is 0 Å². The molecule has 1 aliphatic rings. The van der Waals surface area contributed by atoms with Crippen molar-refractivity contribution in [3.05, 3.63) is 32.8 Å². The number of ether oxygens (including phenoxy) is 1. The number of nitro benzene ring substituents is 1. The predicted octanol–water partition coefficient (Wildman–Crippen LogP) is 2.95. The lowest BCUT2D eigenvalue weighted by Gasteiger charge is -2.24. The molecule has 1 aliphatic heterocycles. The van der Waals surface area contributed by atoms with Crippen LogP contribution in [0.1, 0.15) is 12.8 Å². The Morgan fingerprint density at radius 2 is 2.35 bits per heavy atom. The van der Waals surface area contributed by atoms with E-state index in [0.717, 1.165) is 25.1 Å². The highest BCUT2D eigenvalue weighted by molar-refractivity contribution is 9.10. The van der Waals surface area contributed by atoms with Crippen LogP contribution in [0.2, 0.25) is 0 Å². The molecule has 1 saturated heterocycles. The maximum atomic E-state index is 10.6. The molecule has 5 nitrogen and oxygen atoms in total. The maximum absolute atomic E-state index is 10.6. The third-order valence-electron chi connectivity index (χ3n) is 2.68. The van der Waals surface area contributed by atoms with E-state index in [1.807, 2.05) is 0 Å². The third-order valence-corrected chi connectivity index (χ3v) is 3.34. The zero-order valence-corrected chi connectivity index (χ0v) is 10.8. The summed E-state index contributed by atoms with van der Waals surface area (Å²) in [5.41, 5.74) is 0.952. The van der Waals surface area contributed by atoms with Gasteiger partial charge in [0.25, 0.3) is 5.69 Å². The molecule has 0 aromatic heterocycles. The Hall–Kier alpha value is -1.14. The molecule has 1 atom stereocenters. The van der Waals surface area contributed by atoms with Crippen LogP contribution < -0.4 is 5.32 Å². The number of hydrogen-bond donors (Lipinski definition) is 1. The average molecular weight is 301 g/mol. The van der Waals surface area contributed by atoms with Crippen LogP contribution in [-0.4, -0.2) is 24.2 Å². The van der Waals surface area contributed by atoms with Crippen LogP contribution in [0.15, 0.2) is 22.7 Å². The monoisotopic (exact) mass is 300 g/mol. The van der Waals surface area contributed by atoms with E-state index in [-0.39, 0.29) is 11.7 Å². The van der Waals surface area contributed by atoms with Gasteiger partial charge in [0.05, 0.1) is 11.5 Å². The molecule has 0 aliphatic carbocycles. The van der Waals surface area contributed by atoms with Crippen LogP contribution in [0.4, 0.5) is 11.4 Å². The number of hydrogen-bond acceptors (Lipinski definition) is 4. The first-order valence-corrected chi connectivity index (χ1v) is 6.24. The quantitative estimate of drug-likeness (QED) is 0.688. The highest BCUT2D eigenvalue weighted by Crippen LogP contribution is 2.28. The number of benzene rings is 1. The third kappa shape index (κ3) is 3.17. The van der Waals surface area contributed by atoms with Crippen molar-refractivity contribution in [1.29, 1.82) is 0 Å². The van der Waals surface area contributed by atoms with E-state index >= 15 is 0 Å². The standard InChI is InChI=1S/C11H13BrN2O3/c12-10-6-9(14(15)16)3-4-11(10)13-8-2-1-5-17-7-8/h3-4,6,8,13H,1-2,5,7H2. The van der Waals surface area contributed by atoms with Gasteiger partial charge in [-0.2, -0.15) is 0 Å². The molecule has 17 heavy (non-hydrogen) atoms. The topological polar surface area (TPSA) is 64.4 Å². The first kappa shape index (κ1) is 12.3. The average Bonchev–Trinajstić information content (AvgIpc) is 2.33. The number of nitrogens with one attached hydrogen (secondary N) is 1. The molecule has 0 amide bonds. The van der Waals surface area contributed by atoms with Gasteiger partial charge in [-0.3, -0.25) is 10.1 Å². The van der Waals surface area contributed by atoms with Crippen LogP contribution in [0, 0.1) is 10.1 Å². The molecule has 0 radical (unpaired) electrons. The second kappa shape index (κ2) is 5.46. The van der Waals surface area contributed by atoms with E-state index in [2.05, 4.69) is 21.2 Å². The molecule has 6 heteroatoms. The summed E-state index contributed by atoms with van der Waals surface area (Å²) in [4.78, 5) is 10.2. The Labute approximate surface area is 107 Å². The van der Waals surface area contributed by atoms with Crippen molar-refractivity contribution in [1.82, 2.24) is 0 Å². The van der Waals surface area contributed by atoms with Gasteiger partial charge >= 0.3 is 0 Å². The van der Waals surface area contributed by atoms with Gasteiger partial charge < -0.3 is 10.1 Å². The van der Waals surface area contributed by atoms with E-state index in [1.165, 1.54) is 12.1 Å². The fraction of sp³-hybridized carbons (Fsp3) is 0.455. The summed E-state index contributed by atoms with van der Waals surface area (Å²) < 4.78 is 6.08. The Kier molecular flexibility index (Phi) is 3.96. The molecule has 1 aromatic rings. The first-order chi connectivity index (χ1) is 8.16. The molecule has 1 unspecified atom stereocenters. The molecule has 1 fully saturated rings. The molecule has 2 rings (SSSR count). The van der Waals surface area contributed by atoms with Crippen molar-refractivity contribution >= 4 is 27.3 Å². The Morgan fingerprint density at radius 1 is 1.53 bits per heavy atom. The van der Waals surface area contributed by atoms with Gasteiger partial charge in [0.15, 0.2) is 0 Å². The summed E-state index contributed by atoms with van der Waals surface area (Å²) in [6.07, 6.45) is 2.10. The Bertz CT molecular complexity index is 419. The number of halogens is 1. The number of nitro groups is 1. The molecule has 1 heterocycles. The minimum Gasteiger partial charge on any atom is -0.379 e. The van der Waals surface area contributed by atoms with E-state index in [0.29, 0.717) is 11.1 Å². The van der Waals surface area contributed by atoms with Gasteiger partial charge in [-0.05, 0) is 34.8 Å². The van der Waals surface area contributed by atoms with E-state index in [1.54, 1.807) is 6.07 Å². The van der Waals surface area contributed by atoms with Crippen LogP contribution in [-0.2, 0) is 4.74 Å².